The molecule has 2 aliphatic rings. The van der Waals surface area contributed by atoms with E-state index in [4.69, 9.17) is 4.84 Å². The summed E-state index contributed by atoms with van der Waals surface area (Å²) in [5.41, 5.74) is 0.992. The third-order valence-corrected chi connectivity index (χ3v) is 3.96. The van der Waals surface area contributed by atoms with Gasteiger partial charge >= 0.3 is 0 Å². The van der Waals surface area contributed by atoms with Crippen LogP contribution in [-0.4, -0.2) is 60.7 Å². The van der Waals surface area contributed by atoms with Crippen LogP contribution in [-0.2, 0) is 9.63 Å². The number of hydrogen-bond acceptors (Lipinski definition) is 4. The molecule has 2 rings (SSSR count). The molecule has 2 aliphatic heterocycles. The van der Waals surface area contributed by atoms with E-state index in [1.807, 2.05) is 7.05 Å². The summed E-state index contributed by atoms with van der Waals surface area (Å²) in [7, 11) is 1.86. The molecule has 1 saturated heterocycles. The van der Waals surface area contributed by atoms with Crippen molar-refractivity contribution >= 4 is 11.6 Å². The van der Waals surface area contributed by atoms with Crippen LogP contribution < -0.4 is 0 Å². The first-order chi connectivity index (χ1) is 9.08. The Balaban J connectivity index is 1.73. The van der Waals surface area contributed by atoms with Crippen LogP contribution in [0.2, 0.25) is 0 Å². The predicted octanol–water partition coefficient (Wildman–Crippen LogP) is 1.34. The van der Waals surface area contributed by atoms with Crippen molar-refractivity contribution in [2.75, 3.05) is 33.2 Å². The molecular formula is C14H25N3O2. The van der Waals surface area contributed by atoms with Gasteiger partial charge < -0.3 is 14.6 Å². The number of carbonyl (C=O) groups excluding carboxylic acids is 1. The Morgan fingerprint density at radius 1 is 1.47 bits per heavy atom. The quantitative estimate of drug-likeness (QED) is 0.755. The summed E-state index contributed by atoms with van der Waals surface area (Å²) in [4.78, 5) is 21.7. The number of carbonyl (C=O) groups is 1. The van der Waals surface area contributed by atoms with Gasteiger partial charge in [0.25, 0.3) is 5.91 Å². The molecule has 0 aliphatic carbocycles. The lowest BCUT2D eigenvalue weighted by atomic mass is 10.0. The molecule has 5 heteroatoms. The first-order valence-corrected chi connectivity index (χ1v) is 7.28. The molecular weight excluding hydrogens is 242 g/mol. The summed E-state index contributed by atoms with van der Waals surface area (Å²) >= 11 is 0. The minimum absolute atomic E-state index is 0.0543. The maximum Gasteiger partial charge on any atom is 0.266 e. The van der Waals surface area contributed by atoms with Crippen LogP contribution in [0.4, 0.5) is 0 Å². The van der Waals surface area contributed by atoms with Crippen LogP contribution in [0.5, 0.6) is 0 Å². The van der Waals surface area contributed by atoms with Crippen molar-refractivity contribution in [2.45, 2.75) is 39.2 Å². The van der Waals surface area contributed by atoms with E-state index in [0.29, 0.717) is 12.3 Å². The lowest BCUT2D eigenvalue weighted by Gasteiger charge is -2.23. The Bertz CT molecular complexity index is 349. The molecule has 0 N–H and O–H groups in total. The van der Waals surface area contributed by atoms with E-state index in [1.165, 1.54) is 25.9 Å². The van der Waals surface area contributed by atoms with Crippen molar-refractivity contribution in [3.8, 4) is 0 Å². The summed E-state index contributed by atoms with van der Waals surface area (Å²) < 4.78 is 0. The van der Waals surface area contributed by atoms with Gasteiger partial charge in [-0.2, -0.15) is 0 Å². The van der Waals surface area contributed by atoms with Gasteiger partial charge in [0.15, 0.2) is 0 Å². The molecule has 0 spiro atoms. The molecule has 0 unspecified atom stereocenters. The van der Waals surface area contributed by atoms with Gasteiger partial charge in [0, 0.05) is 26.6 Å². The zero-order chi connectivity index (χ0) is 13.8. The Hall–Kier alpha value is -1.10. The maximum absolute atomic E-state index is 12.2. The summed E-state index contributed by atoms with van der Waals surface area (Å²) in [6.45, 7) is 8.23. The molecule has 19 heavy (non-hydrogen) atoms. The van der Waals surface area contributed by atoms with Crippen molar-refractivity contribution in [1.29, 1.82) is 0 Å². The fourth-order valence-corrected chi connectivity index (χ4v) is 2.52. The highest BCUT2D eigenvalue weighted by Crippen LogP contribution is 2.17. The first kappa shape index (κ1) is 14.3. The minimum Gasteiger partial charge on any atom is -0.382 e. The molecule has 1 fully saturated rings. The van der Waals surface area contributed by atoms with Gasteiger partial charge in [0.1, 0.15) is 0 Å². The van der Waals surface area contributed by atoms with E-state index in [0.717, 1.165) is 18.8 Å². The Morgan fingerprint density at radius 2 is 2.16 bits per heavy atom. The molecule has 0 bridgehead atoms. The lowest BCUT2D eigenvalue weighted by Crippen LogP contribution is -2.40. The molecule has 0 aromatic heterocycles. The highest BCUT2D eigenvalue weighted by atomic mass is 16.6. The van der Waals surface area contributed by atoms with Crippen LogP contribution in [0.3, 0.4) is 0 Å². The van der Waals surface area contributed by atoms with Crippen LogP contribution in [0, 0.1) is 5.92 Å². The van der Waals surface area contributed by atoms with E-state index < -0.39 is 6.10 Å². The highest BCUT2D eigenvalue weighted by Gasteiger charge is 2.31. The van der Waals surface area contributed by atoms with Crippen molar-refractivity contribution < 1.29 is 9.63 Å². The standard InChI is InChI=1S/C14H25N3O2/c1-11(2)12-10-13(19-15-12)14(18)16(3)8-9-17-6-4-5-7-17/h11,13H,4-10H2,1-3H3/t13-/m1/s1. The van der Waals surface area contributed by atoms with E-state index in [1.54, 1.807) is 4.90 Å². The van der Waals surface area contributed by atoms with Crippen LogP contribution in [0.1, 0.15) is 33.1 Å². The fourth-order valence-electron chi connectivity index (χ4n) is 2.52. The molecule has 5 nitrogen and oxygen atoms in total. The highest BCUT2D eigenvalue weighted by molar-refractivity contribution is 5.93. The summed E-state index contributed by atoms with van der Waals surface area (Å²) in [5.74, 6) is 0.409. The number of likely N-dealkylation sites (tertiary alicyclic amines) is 1. The van der Waals surface area contributed by atoms with Crippen LogP contribution in [0.15, 0.2) is 5.16 Å². The number of likely N-dealkylation sites (N-methyl/N-ethyl adjacent to an activating group) is 1. The molecule has 2 heterocycles. The van der Waals surface area contributed by atoms with Gasteiger partial charge in [-0.3, -0.25) is 4.79 Å². The molecule has 1 amide bonds. The number of hydrogen-bond donors (Lipinski definition) is 0. The minimum atomic E-state index is -0.402. The normalized spacial score (nSPS) is 23.6. The predicted molar refractivity (Wildman–Crippen MR) is 75.1 cm³/mol. The topological polar surface area (TPSA) is 45.1 Å². The molecule has 1 atom stereocenters. The summed E-state index contributed by atoms with van der Waals surface area (Å²) in [5, 5.41) is 4.02. The van der Waals surface area contributed by atoms with Gasteiger partial charge in [-0.1, -0.05) is 19.0 Å². The summed E-state index contributed by atoms with van der Waals surface area (Å²) in [6.07, 6.45) is 2.81. The van der Waals surface area contributed by atoms with E-state index in [-0.39, 0.29) is 5.91 Å². The Kier molecular flexibility index (Phi) is 4.80. The van der Waals surface area contributed by atoms with E-state index >= 15 is 0 Å². The van der Waals surface area contributed by atoms with E-state index in [9.17, 15) is 4.79 Å². The number of amides is 1. The smallest absolute Gasteiger partial charge is 0.266 e. The monoisotopic (exact) mass is 267 g/mol. The number of nitrogens with zero attached hydrogens (tertiary/aromatic N) is 3. The van der Waals surface area contributed by atoms with Crippen molar-refractivity contribution in [3.63, 3.8) is 0 Å². The zero-order valence-corrected chi connectivity index (χ0v) is 12.3. The molecule has 0 radical (unpaired) electrons. The number of oxime groups is 1. The third kappa shape index (κ3) is 3.69. The van der Waals surface area contributed by atoms with Gasteiger partial charge in [0.05, 0.1) is 5.71 Å². The molecule has 0 saturated carbocycles. The van der Waals surface area contributed by atoms with Gasteiger partial charge in [-0.25, -0.2) is 0 Å². The Labute approximate surface area is 115 Å². The largest absolute Gasteiger partial charge is 0.382 e. The average molecular weight is 267 g/mol. The second-order valence-electron chi connectivity index (χ2n) is 5.84. The molecule has 0 aromatic carbocycles. The second kappa shape index (κ2) is 6.37. The van der Waals surface area contributed by atoms with Crippen molar-refractivity contribution in [1.82, 2.24) is 9.80 Å². The van der Waals surface area contributed by atoms with Gasteiger partial charge in [-0.15, -0.1) is 0 Å². The molecule has 0 aromatic rings. The number of rotatable bonds is 5. The third-order valence-electron chi connectivity index (χ3n) is 3.96. The van der Waals surface area contributed by atoms with Gasteiger partial charge in [0.2, 0.25) is 6.10 Å². The van der Waals surface area contributed by atoms with Crippen LogP contribution in [0.25, 0.3) is 0 Å². The average Bonchev–Trinajstić information content (AvgIpc) is 3.05. The van der Waals surface area contributed by atoms with Crippen molar-refractivity contribution in [2.24, 2.45) is 11.1 Å². The Morgan fingerprint density at radius 3 is 2.74 bits per heavy atom. The van der Waals surface area contributed by atoms with Crippen LogP contribution >= 0.6 is 0 Å². The second-order valence-corrected chi connectivity index (χ2v) is 5.84. The fraction of sp³-hybridized carbons (Fsp3) is 0.857. The lowest BCUT2D eigenvalue weighted by molar-refractivity contribution is -0.140. The van der Waals surface area contributed by atoms with E-state index in [2.05, 4.69) is 23.9 Å². The maximum atomic E-state index is 12.2. The zero-order valence-electron chi connectivity index (χ0n) is 12.3. The molecule has 108 valence electrons. The first-order valence-electron chi connectivity index (χ1n) is 7.28. The van der Waals surface area contributed by atoms with Gasteiger partial charge in [-0.05, 0) is 31.8 Å². The SMILES string of the molecule is CC(C)C1=NO[C@@H](C(=O)N(C)CCN2CCCC2)C1. The summed E-state index contributed by atoms with van der Waals surface area (Å²) in [6, 6.07) is 0. The van der Waals surface area contributed by atoms with Crippen molar-refractivity contribution in [3.05, 3.63) is 0 Å².